The van der Waals surface area contributed by atoms with Gasteiger partial charge in [-0.1, -0.05) is 23.7 Å². The van der Waals surface area contributed by atoms with E-state index < -0.39 is 0 Å². The lowest BCUT2D eigenvalue weighted by Crippen LogP contribution is -2.32. The van der Waals surface area contributed by atoms with Gasteiger partial charge >= 0.3 is 0 Å². The lowest BCUT2D eigenvalue weighted by Gasteiger charge is -2.32. The summed E-state index contributed by atoms with van der Waals surface area (Å²) in [4.78, 5) is 9.38. The fourth-order valence-electron chi connectivity index (χ4n) is 5.67. The van der Waals surface area contributed by atoms with Crippen LogP contribution >= 0.6 is 11.6 Å². The van der Waals surface area contributed by atoms with Gasteiger partial charge in [0, 0.05) is 36.1 Å². The number of aromatic nitrogens is 3. The number of nitrogens with one attached hydrogen (secondary N) is 1. The number of aryl methyl sites for hydroxylation is 2. The molecule has 3 heterocycles. The molecular formula is C26H31ClN4. The average molecular weight is 435 g/mol. The minimum Gasteiger partial charge on any atom is -0.335 e. The molecule has 1 N–H and O–H groups in total. The van der Waals surface area contributed by atoms with E-state index in [0.29, 0.717) is 17.8 Å². The third-order valence-corrected chi connectivity index (χ3v) is 7.48. The average Bonchev–Trinajstić information content (AvgIpc) is 3.14. The SMILES string of the molecule is Cc1nccn1CCCC1Cc2cc(Cl)ccc2C(C2CCNCC2)c2ncccc21. The maximum atomic E-state index is 6.48. The minimum atomic E-state index is 0.367. The molecule has 5 heteroatoms. The van der Waals surface area contributed by atoms with Crippen LogP contribution in [0.15, 0.2) is 48.9 Å². The first kappa shape index (κ1) is 20.7. The van der Waals surface area contributed by atoms with Crippen LogP contribution in [0.3, 0.4) is 0 Å². The van der Waals surface area contributed by atoms with Crippen LogP contribution in [0.2, 0.25) is 5.02 Å². The van der Waals surface area contributed by atoms with Crippen molar-refractivity contribution in [1.29, 1.82) is 0 Å². The third-order valence-electron chi connectivity index (χ3n) is 7.24. The molecule has 1 saturated heterocycles. The molecule has 3 aromatic rings. The zero-order chi connectivity index (χ0) is 21.2. The van der Waals surface area contributed by atoms with E-state index in [1.165, 1.54) is 35.2 Å². The van der Waals surface area contributed by atoms with E-state index in [2.05, 4.69) is 58.3 Å². The number of fused-ring (bicyclic) bond motifs is 2. The van der Waals surface area contributed by atoms with Crippen LogP contribution in [0.4, 0.5) is 0 Å². The number of hydrogen-bond acceptors (Lipinski definition) is 3. The Balaban J connectivity index is 1.50. The van der Waals surface area contributed by atoms with E-state index >= 15 is 0 Å². The summed E-state index contributed by atoms with van der Waals surface area (Å²) in [7, 11) is 0. The minimum absolute atomic E-state index is 0.367. The molecule has 162 valence electrons. The Bertz CT molecular complexity index is 1040. The second-order valence-electron chi connectivity index (χ2n) is 9.10. The highest BCUT2D eigenvalue weighted by atomic mass is 35.5. The van der Waals surface area contributed by atoms with Crippen molar-refractivity contribution in [3.05, 3.63) is 82.2 Å². The van der Waals surface area contributed by atoms with Gasteiger partial charge in [0.15, 0.2) is 0 Å². The Morgan fingerprint density at radius 3 is 2.77 bits per heavy atom. The van der Waals surface area contributed by atoms with Crippen molar-refractivity contribution in [2.75, 3.05) is 13.1 Å². The van der Waals surface area contributed by atoms with Crippen LogP contribution in [0.1, 0.15) is 65.7 Å². The number of pyridine rings is 1. The molecule has 2 unspecified atom stereocenters. The van der Waals surface area contributed by atoms with Gasteiger partial charge in [0.2, 0.25) is 0 Å². The standard InChI is InChI=1S/C26H31ClN4/c1-18-29-13-15-31(18)14-3-4-20-16-21-17-22(27)6-7-23(21)25(19-8-11-28-12-9-19)26-24(20)5-2-10-30-26/h2,5-7,10,13,15,17,19-20,25,28H,3-4,8-9,11-12,14,16H2,1H3. The highest BCUT2D eigenvalue weighted by molar-refractivity contribution is 6.30. The van der Waals surface area contributed by atoms with Crippen LogP contribution in [0, 0.1) is 12.8 Å². The molecule has 4 nitrogen and oxygen atoms in total. The fourth-order valence-corrected chi connectivity index (χ4v) is 5.87. The number of hydrogen-bond donors (Lipinski definition) is 1. The van der Waals surface area contributed by atoms with Gasteiger partial charge in [0.05, 0.1) is 5.69 Å². The Morgan fingerprint density at radius 2 is 1.97 bits per heavy atom. The first-order valence-electron chi connectivity index (χ1n) is 11.6. The molecule has 2 aromatic heterocycles. The first-order chi connectivity index (χ1) is 15.2. The van der Waals surface area contributed by atoms with Crippen LogP contribution < -0.4 is 5.32 Å². The molecule has 1 aliphatic heterocycles. The van der Waals surface area contributed by atoms with Gasteiger partial charge < -0.3 is 9.88 Å². The highest BCUT2D eigenvalue weighted by Gasteiger charge is 2.35. The van der Waals surface area contributed by atoms with Crippen molar-refractivity contribution in [3.63, 3.8) is 0 Å². The highest BCUT2D eigenvalue weighted by Crippen LogP contribution is 2.45. The summed E-state index contributed by atoms with van der Waals surface area (Å²) in [6, 6.07) is 11.0. The Hall–Kier alpha value is -2.17. The molecular weight excluding hydrogens is 404 g/mol. The normalized spacial score (nSPS) is 21.4. The molecule has 2 aliphatic rings. The van der Waals surface area contributed by atoms with Crippen LogP contribution in [-0.2, 0) is 13.0 Å². The third kappa shape index (κ3) is 4.28. The van der Waals surface area contributed by atoms with Crippen molar-refractivity contribution in [3.8, 4) is 0 Å². The van der Waals surface area contributed by atoms with Gasteiger partial charge in [0.25, 0.3) is 0 Å². The maximum Gasteiger partial charge on any atom is 0.105 e. The Labute approximate surface area is 190 Å². The second-order valence-corrected chi connectivity index (χ2v) is 9.53. The predicted molar refractivity (Wildman–Crippen MR) is 126 cm³/mol. The van der Waals surface area contributed by atoms with Crippen molar-refractivity contribution in [2.45, 2.75) is 57.4 Å². The van der Waals surface area contributed by atoms with Gasteiger partial charge in [0.1, 0.15) is 5.82 Å². The molecule has 1 fully saturated rings. The van der Waals surface area contributed by atoms with Gasteiger partial charge in [-0.05, 0) is 98.8 Å². The lowest BCUT2D eigenvalue weighted by molar-refractivity contribution is 0.338. The van der Waals surface area contributed by atoms with E-state index in [1.807, 2.05) is 12.4 Å². The van der Waals surface area contributed by atoms with E-state index in [4.69, 9.17) is 16.6 Å². The summed E-state index contributed by atoms with van der Waals surface area (Å²) in [6.45, 7) is 5.28. The van der Waals surface area contributed by atoms with E-state index in [0.717, 1.165) is 49.7 Å². The number of halogens is 1. The molecule has 5 rings (SSSR count). The zero-order valence-corrected chi connectivity index (χ0v) is 19.0. The molecule has 0 saturated carbocycles. The molecule has 0 radical (unpaired) electrons. The summed E-state index contributed by atoms with van der Waals surface area (Å²) in [5.74, 6) is 2.55. The molecule has 2 atom stereocenters. The van der Waals surface area contributed by atoms with E-state index in [9.17, 15) is 0 Å². The van der Waals surface area contributed by atoms with Crippen molar-refractivity contribution in [1.82, 2.24) is 19.9 Å². The Kier molecular flexibility index (Phi) is 6.10. The van der Waals surface area contributed by atoms with Gasteiger partial charge in [-0.15, -0.1) is 0 Å². The summed E-state index contributed by atoms with van der Waals surface area (Å²) in [5.41, 5.74) is 5.61. The van der Waals surface area contributed by atoms with Crippen molar-refractivity contribution >= 4 is 11.6 Å². The smallest absolute Gasteiger partial charge is 0.105 e. The fraction of sp³-hybridized carbons (Fsp3) is 0.462. The van der Waals surface area contributed by atoms with Crippen LogP contribution in [-0.4, -0.2) is 27.6 Å². The molecule has 0 bridgehead atoms. The van der Waals surface area contributed by atoms with E-state index in [1.54, 1.807) is 0 Å². The van der Waals surface area contributed by atoms with Gasteiger partial charge in [-0.2, -0.15) is 0 Å². The maximum absolute atomic E-state index is 6.48. The number of benzene rings is 1. The molecule has 1 aromatic carbocycles. The largest absolute Gasteiger partial charge is 0.335 e. The van der Waals surface area contributed by atoms with Crippen LogP contribution in [0.5, 0.6) is 0 Å². The molecule has 1 aliphatic carbocycles. The summed E-state index contributed by atoms with van der Waals surface area (Å²) >= 11 is 6.48. The zero-order valence-electron chi connectivity index (χ0n) is 18.2. The van der Waals surface area contributed by atoms with E-state index in [-0.39, 0.29) is 0 Å². The monoisotopic (exact) mass is 434 g/mol. The molecule has 31 heavy (non-hydrogen) atoms. The second kappa shape index (κ2) is 9.13. The Morgan fingerprint density at radius 1 is 1.10 bits per heavy atom. The molecule has 0 spiro atoms. The lowest BCUT2D eigenvalue weighted by atomic mass is 9.76. The van der Waals surface area contributed by atoms with Crippen molar-refractivity contribution < 1.29 is 0 Å². The van der Waals surface area contributed by atoms with Gasteiger partial charge in [-0.25, -0.2) is 4.98 Å². The topological polar surface area (TPSA) is 42.7 Å². The van der Waals surface area contributed by atoms with Crippen LogP contribution in [0.25, 0.3) is 0 Å². The number of piperidine rings is 1. The first-order valence-corrected chi connectivity index (χ1v) is 12.0. The van der Waals surface area contributed by atoms with Crippen molar-refractivity contribution in [2.24, 2.45) is 5.92 Å². The molecule has 0 amide bonds. The quantitative estimate of drug-likeness (QED) is 0.577. The number of nitrogens with zero attached hydrogens (tertiary/aromatic N) is 3. The summed E-state index contributed by atoms with van der Waals surface area (Å²) < 4.78 is 2.25. The predicted octanol–water partition coefficient (Wildman–Crippen LogP) is 5.49. The summed E-state index contributed by atoms with van der Waals surface area (Å²) in [5, 5.41) is 4.37. The number of imidazole rings is 1. The summed E-state index contributed by atoms with van der Waals surface area (Å²) in [6.07, 6.45) is 11.7. The number of rotatable bonds is 5. The van der Waals surface area contributed by atoms with Gasteiger partial charge in [-0.3, -0.25) is 4.98 Å².